The molecule has 594 valence electrons. The third kappa shape index (κ3) is 74.3. The van der Waals surface area contributed by atoms with Crippen molar-refractivity contribution >= 4 is 39.5 Å². The number of rotatable bonds is 80. The van der Waals surface area contributed by atoms with Crippen LogP contribution in [0.1, 0.15) is 427 Å². The molecule has 0 saturated carbocycles. The molecule has 100 heavy (non-hydrogen) atoms. The zero-order chi connectivity index (χ0) is 73.5. The maximum atomic E-state index is 13.1. The van der Waals surface area contributed by atoms with E-state index in [-0.39, 0.29) is 25.7 Å². The van der Waals surface area contributed by atoms with Gasteiger partial charge in [0.25, 0.3) is 0 Å². The molecule has 5 atom stereocenters. The normalized spacial score (nSPS) is 13.9. The van der Waals surface area contributed by atoms with Crippen LogP contribution in [0.5, 0.6) is 0 Å². The van der Waals surface area contributed by atoms with E-state index < -0.39 is 97.5 Å². The van der Waals surface area contributed by atoms with Crippen molar-refractivity contribution in [1.29, 1.82) is 0 Å². The number of hydrogen-bond donors (Lipinski definition) is 3. The van der Waals surface area contributed by atoms with Crippen molar-refractivity contribution in [3.05, 3.63) is 0 Å². The number of aliphatic hydroxyl groups is 1. The fourth-order valence-electron chi connectivity index (χ4n) is 12.5. The minimum absolute atomic E-state index is 0.107. The summed E-state index contributed by atoms with van der Waals surface area (Å²) >= 11 is 0. The summed E-state index contributed by atoms with van der Waals surface area (Å²) in [6.07, 6.45) is 62.4. The van der Waals surface area contributed by atoms with Gasteiger partial charge in [-0.2, -0.15) is 0 Å². The molecule has 2 unspecified atom stereocenters. The number of aliphatic hydroxyl groups excluding tert-OH is 1. The zero-order valence-corrected chi connectivity index (χ0v) is 67.3. The lowest BCUT2D eigenvalue weighted by molar-refractivity contribution is -0.161. The number of carbonyl (C=O) groups is 4. The molecular formula is C81H158O17P2. The molecule has 3 N–H and O–H groups in total. The van der Waals surface area contributed by atoms with E-state index in [0.29, 0.717) is 25.7 Å². The van der Waals surface area contributed by atoms with Crippen molar-refractivity contribution in [3.8, 4) is 0 Å². The van der Waals surface area contributed by atoms with Gasteiger partial charge in [-0.1, -0.05) is 375 Å². The van der Waals surface area contributed by atoms with Crippen LogP contribution in [0, 0.1) is 11.8 Å². The summed E-state index contributed by atoms with van der Waals surface area (Å²) < 4.78 is 68.7. The molecule has 19 heteroatoms. The van der Waals surface area contributed by atoms with Crippen LogP contribution in [0.25, 0.3) is 0 Å². The monoisotopic (exact) mass is 1470 g/mol. The predicted octanol–water partition coefficient (Wildman–Crippen LogP) is 24.3. The predicted molar refractivity (Wildman–Crippen MR) is 409 cm³/mol. The van der Waals surface area contributed by atoms with Gasteiger partial charge < -0.3 is 33.8 Å². The van der Waals surface area contributed by atoms with E-state index >= 15 is 0 Å². The Kier molecular flexibility index (Phi) is 71.2. The van der Waals surface area contributed by atoms with E-state index in [1.54, 1.807) is 0 Å². The van der Waals surface area contributed by atoms with E-state index in [1.165, 1.54) is 244 Å². The van der Waals surface area contributed by atoms with Gasteiger partial charge in [-0.3, -0.25) is 37.3 Å². The SMILES string of the molecule is CCCCCCCCCCCCCCCCCCCC(=O)OC[C@H](COP(=O)(O)OC[C@@H](O)COP(=O)(O)OC[C@@H](COC(=O)CCCCCCCCCCC)OC(=O)CCCCCCCCCCCCCCCC(C)C)OC(=O)CCCCCCCCCCCCCCCCCC(C)C. The fourth-order valence-corrected chi connectivity index (χ4v) is 14.1. The van der Waals surface area contributed by atoms with Crippen molar-refractivity contribution in [2.24, 2.45) is 11.8 Å². The lowest BCUT2D eigenvalue weighted by Crippen LogP contribution is -2.30. The largest absolute Gasteiger partial charge is 0.472 e. The maximum absolute atomic E-state index is 13.1. The van der Waals surface area contributed by atoms with Gasteiger partial charge in [-0.25, -0.2) is 9.13 Å². The molecule has 0 radical (unpaired) electrons. The van der Waals surface area contributed by atoms with E-state index in [9.17, 15) is 43.2 Å². The van der Waals surface area contributed by atoms with Crippen LogP contribution >= 0.6 is 15.6 Å². The lowest BCUT2D eigenvalue weighted by Gasteiger charge is -2.21. The third-order valence-electron chi connectivity index (χ3n) is 19.0. The van der Waals surface area contributed by atoms with E-state index in [4.69, 9.17) is 37.0 Å². The van der Waals surface area contributed by atoms with E-state index in [0.717, 1.165) is 102 Å². The molecule has 17 nitrogen and oxygen atoms in total. The second kappa shape index (κ2) is 72.6. The van der Waals surface area contributed by atoms with Crippen molar-refractivity contribution in [2.45, 2.75) is 445 Å². The average molecular weight is 1470 g/mol. The van der Waals surface area contributed by atoms with Gasteiger partial charge >= 0.3 is 39.5 Å². The lowest BCUT2D eigenvalue weighted by atomic mass is 10.0. The van der Waals surface area contributed by atoms with Crippen LogP contribution in [-0.4, -0.2) is 96.7 Å². The molecule has 0 heterocycles. The number of esters is 4. The van der Waals surface area contributed by atoms with Crippen LogP contribution in [0.3, 0.4) is 0 Å². The zero-order valence-electron chi connectivity index (χ0n) is 65.5. The first kappa shape index (κ1) is 98.1. The van der Waals surface area contributed by atoms with Crippen molar-refractivity contribution in [2.75, 3.05) is 39.6 Å². The van der Waals surface area contributed by atoms with Gasteiger partial charge in [-0.15, -0.1) is 0 Å². The summed E-state index contributed by atoms with van der Waals surface area (Å²) in [7, 11) is -9.92. The Morgan fingerprint density at radius 1 is 0.270 bits per heavy atom. The van der Waals surface area contributed by atoms with E-state index in [2.05, 4.69) is 41.5 Å². The van der Waals surface area contributed by atoms with Gasteiger partial charge in [0.1, 0.15) is 19.3 Å². The van der Waals surface area contributed by atoms with Gasteiger partial charge in [0.05, 0.1) is 26.4 Å². The molecule has 0 aromatic rings. The number of ether oxygens (including phenoxy) is 4. The number of unbranched alkanes of at least 4 members (excludes halogenated alkanes) is 50. The first-order chi connectivity index (χ1) is 48.4. The summed E-state index contributed by atoms with van der Waals surface area (Å²) in [6.45, 7) is 9.67. The number of phosphoric acid groups is 2. The van der Waals surface area contributed by atoms with Gasteiger partial charge in [0, 0.05) is 25.7 Å². The highest BCUT2D eigenvalue weighted by molar-refractivity contribution is 7.47. The molecule has 0 saturated heterocycles. The van der Waals surface area contributed by atoms with Crippen LogP contribution in [-0.2, 0) is 65.4 Å². The highest BCUT2D eigenvalue weighted by Gasteiger charge is 2.30. The molecule has 0 aromatic carbocycles. The Morgan fingerprint density at radius 2 is 0.460 bits per heavy atom. The van der Waals surface area contributed by atoms with Crippen LogP contribution < -0.4 is 0 Å². The molecule has 0 aliphatic carbocycles. The Morgan fingerprint density at radius 3 is 0.680 bits per heavy atom. The Hall–Kier alpha value is -1.94. The van der Waals surface area contributed by atoms with Crippen LogP contribution in [0.2, 0.25) is 0 Å². The van der Waals surface area contributed by atoms with Crippen LogP contribution in [0.4, 0.5) is 0 Å². The molecule has 0 aliphatic rings. The van der Waals surface area contributed by atoms with Gasteiger partial charge in [-0.05, 0) is 37.5 Å². The number of hydrogen-bond acceptors (Lipinski definition) is 15. The highest BCUT2D eigenvalue weighted by Crippen LogP contribution is 2.45. The Bertz CT molecular complexity index is 1920. The van der Waals surface area contributed by atoms with Crippen LogP contribution in [0.15, 0.2) is 0 Å². The molecule has 0 aliphatic heterocycles. The van der Waals surface area contributed by atoms with E-state index in [1.807, 2.05) is 0 Å². The first-order valence-electron chi connectivity index (χ1n) is 42.0. The number of carbonyl (C=O) groups excluding carboxylic acids is 4. The fraction of sp³-hybridized carbons (Fsp3) is 0.951. The minimum Gasteiger partial charge on any atom is -0.462 e. The Balaban J connectivity index is 5.22. The quantitative estimate of drug-likeness (QED) is 0.0222. The van der Waals surface area contributed by atoms with Crippen molar-refractivity contribution < 1.29 is 80.2 Å². The summed E-state index contributed by atoms with van der Waals surface area (Å²) in [6, 6.07) is 0. The molecule has 0 amide bonds. The van der Waals surface area contributed by atoms with Gasteiger partial charge in [0.2, 0.25) is 0 Å². The molecule has 0 rings (SSSR count). The number of phosphoric ester groups is 2. The minimum atomic E-state index is -4.96. The molecule has 0 aromatic heterocycles. The maximum Gasteiger partial charge on any atom is 0.472 e. The second-order valence-corrected chi connectivity index (χ2v) is 33.0. The topological polar surface area (TPSA) is 237 Å². The molecular weight excluding hydrogens is 1310 g/mol. The molecule has 0 fully saturated rings. The first-order valence-corrected chi connectivity index (χ1v) is 45.0. The molecule has 0 bridgehead atoms. The highest BCUT2D eigenvalue weighted by atomic mass is 31.2. The van der Waals surface area contributed by atoms with Crippen molar-refractivity contribution in [3.63, 3.8) is 0 Å². The smallest absolute Gasteiger partial charge is 0.462 e. The second-order valence-electron chi connectivity index (χ2n) is 30.1. The summed E-state index contributed by atoms with van der Waals surface area (Å²) in [5.74, 6) is -0.519. The average Bonchev–Trinajstić information content (AvgIpc) is 1.09. The molecule has 0 spiro atoms. The summed E-state index contributed by atoms with van der Waals surface area (Å²) in [5, 5.41) is 10.6. The Labute approximate surface area is 613 Å². The third-order valence-corrected chi connectivity index (χ3v) is 20.9. The van der Waals surface area contributed by atoms with Crippen molar-refractivity contribution in [1.82, 2.24) is 0 Å². The summed E-state index contributed by atoms with van der Waals surface area (Å²) in [5.41, 5.74) is 0. The summed E-state index contributed by atoms with van der Waals surface area (Å²) in [4.78, 5) is 73.0. The van der Waals surface area contributed by atoms with Gasteiger partial charge in [0.15, 0.2) is 12.2 Å². The standard InChI is InChI=1S/C81H158O17P2/c1-7-9-11-13-15-17-18-19-20-21-24-29-34-40-46-52-58-64-79(84)92-70-77(98-80(85)65-59-53-47-41-35-30-25-22-23-27-32-38-43-49-55-61-73(3)4)72-96-100(89,90)94-68-75(82)67-93-99(87,88)95-71-76(69-91-78(83)63-57-51-45-37-16-14-12-10-8-2)97-81(86)66-60-54-48-42-36-31-26-28-33-39-44-50-56-62-74(5)6/h73-77,82H,7-72H2,1-6H3,(H,87,88)(H,89,90)/t75-,76+,77+/m0/s1.